The summed E-state index contributed by atoms with van der Waals surface area (Å²) in [4.78, 5) is 22.5. The van der Waals surface area contributed by atoms with Crippen LogP contribution in [0.5, 0.6) is 0 Å². The van der Waals surface area contributed by atoms with Crippen LogP contribution >= 0.6 is 0 Å². The SMILES string of the molecule is Cc1cc([N+](=O)[O-])ccc1NC(=O)C1CCC(CN)CC1. The van der Waals surface area contributed by atoms with Crippen molar-refractivity contribution in [3.8, 4) is 0 Å². The van der Waals surface area contributed by atoms with E-state index in [0.29, 0.717) is 23.7 Å². The molecule has 0 saturated heterocycles. The van der Waals surface area contributed by atoms with E-state index in [-0.39, 0.29) is 17.5 Å². The van der Waals surface area contributed by atoms with Crippen molar-refractivity contribution >= 4 is 17.3 Å². The van der Waals surface area contributed by atoms with Crippen molar-refractivity contribution in [1.82, 2.24) is 0 Å². The predicted octanol–water partition coefficient (Wildman–Crippen LogP) is 2.61. The molecule has 1 aromatic carbocycles. The highest BCUT2D eigenvalue weighted by Crippen LogP contribution is 2.29. The predicted molar refractivity (Wildman–Crippen MR) is 81.0 cm³/mol. The van der Waals surface area contributed by atoms with Gasteiger partial charge in [0.1, 0.15) is 0 Å². The van der Waals surface area contributed by atoms with Crippen LogP contribution in [0.3, 0.4) is 0 Å². The molecule has 0 spiro atoms. The monoisotopic (exact) mass is 291 g/mol. The van der Waals surface area contributed by atoms with E-state index in [1.165, 1.54) is 12.1 Å². The Bertz CT molecular complexity index is 537. The number of nitrogens with zero attached hydrogens (tertiary/aromatic N) is 1. The lowest BCUT2D eigenvalue weighted by Gasteiger charge is -2.26. The topological polar surface area (TPSA) is 98.3 Å². The third-order valence-corrected chi connectivity index (χ3v) is 4.23. The fraction of sp³-hybridized carbons (Fsp3) is 0.533. The first kappa shape index (κ1) is 15.4. The van der Waals surface area contributed by atoms with Crippen LogP contribution in [0.4, 0.5) is 11.4 Å². The molecular weight excluding hydrogens is 270 g/mol. The van der Waals surface area contributed by atoms with Gasteiger partial charge in [0.05, 0.1) is 4.92 Å². The Labute approximate surface area is 123 Å². The van der Waals surface area contributed by atoms with Gasteiger partial charge in [-0.2, -0.15) is 0 Å². The third kappa shape index (κ3) is 3.78. The van der Waals surface area contributed by atoms with Gasteiger partial charge in [-0.25, -0.2) is 0 Å². The van der Waals surface area contributed by atoms with Crippen molar-refractivity contribution in [2.24, 2.45) is 17.6 Å². The number of nitrogens with one attached hydrogen (secondary N) is 1. The molecule has 3 N–H and O–H groups in total. The van der Waals surface area contributed by atoms with Gasteiger partial charge >= 0.3 is 0 Å². The second-order valence-electron chi connectivity index (χ2n) is 5.70. The number of amides is 1. The Hall–Kier alpha value is -1.95. The summed E-state index contributed by atoms with van der Waals surface area (Å²) in [6.07, 6.45) is 3.71. The Morgan fingerprint density at radius 2 is 2.05 bits per heavy atom. The van der Waals surface area contributed by atoms with Gasteiger partial charge < -0.3 is 11.1 Å². The van der Waals surface area contributed by atoms with Gasteiger partial charge in [-0.1, -0.05) is 0 Å². The molecule has 1 aliphatic rings. The minimum Gasteiger partial charge on any atom is -0.330 e. The maximum atomic E-state index is 12.3. The number of carbonyl (C=O) groups is 1. The van der Waals surface area contributed by atoms with Crippen molar-refractivity contribution in [3.63, 3.8) is 0 Å². The smallest absolute Gasteiger partial charge is 0.269 e. The second kappa shape index (κ2) is 6.67. The van der Waals surface area contributed by atoms with Crippen LogP contribution < -0.4 is 11.1 Å². The summed E-state index contributed by atoms with van der Waals surface area (Å²) in [7, 11) is 0. The normalized spacial score (nSPS) is 21.8. The van der Waals surface area contributed by atoms with Gasteiger partial charge in [0.2, 0.25) is 5.91 Å². The molecule has 114 valence electrons. The fourth-order valence-electron chi connectivity index (χ4n) is 2.80. The number of carbonyl (C=O) groups excluding carboxylic acids is 1. The molecule has 6 nitrogen and oxygen atoms in total. The van der Waals surface area contributed by atoms with Crippen LogP contribution in [-0.4, -0.2) is 17.4 Å². The largest absolute Gasteiger partial charge is 0.330 e. The molecule has 0 aromatic heterocycles. The van der Waals surface area contributed by atoms with Crippen molar-refractivity contribution in [3.05, 3.63) is 33.9 Å². The molecule has 6 heteroatoms. The van der Waals surface area contributed by atoms with Gasteiger partial charge in [-0.05, 0) is 56.7 Å². The second-order valence-corrected chi connectivity index (χ2v) is 5.70. The molecule has 1 fully saturated rings. The zero-order chi connectivity index (χ0) is 15.4. The van der Waals surface area contributed by atoms with E-state index in [0.717, 1.165) is 25.7 Å². The van der Waals surface area contributed by atoms with E-state index < -0.39 is 4.92 Å². The summed E-state index contributed by atoms with van der Waals surface area (Å²) in [6, 6.07) is 4.48. The molecule has 1 aromatic rings. The molecule has 0 radical (unpaired) electrons. The van der Waals surface area contributed by atoms with Crippen LogP contribution in [0.2, 0.25) is 0 Å². The van der Waals surface area contributed by atoms with Gasteiger partial charge in [-0.3, -0.25) is 14.9 Å². The average Bonchev–Trinajstić information content (AvgIpc) is 2.49. The maximum Gasteiger partial charge on any atom is 0.269 e. The zero-order valence-electron chi connectivity index (χ0n) is 12.2. The fourth-order valence-corrected chi connectivity index (χ4v) is 2.80. The van der Waals surface area contributed by atoms with Crippen LogP contribution in [-0.2, 0) is 4.79 Å². The molecule has 1 aliphatic carbocycles. The summed E-state index contributed by atoms with van der Waals surface area (Å²) in [5, 5.41) is 13.6. The molecule has 0 heterocycles. The summed E-state index contributed by atoms with van der Waals surface area (Å²) in [5.74, 6) is 0.556. The molecular formula is C15H21N3O3. The average molecular weight is 291 g/mol. The van der Waals surface area contributed by atoms with Gasteiger partial charge in [0.15, 0.2) is 0 Å². The van der Waals surface area contributed by atoms with Crippen LogP contribution in [0.15, 0.2) is 18.2 Å². The highest BCUT2D eigenvalue weighted by molar-refractivity contribution is 5.93. The van der Waals surface area contributed by atoms with Crippen molar-refractivity contribution in [2.45, 2.75) is 32.6 Å². The molecule has 21 heavy (non-hydrogen) atoms. The van der Waals surface area contributed by atoms with Crippen molar-refractivity contribution in [2.75, 3.05) is 11.9 Å². The quantitative estimate of drug-likeness (QED) is 0.658. The number of non-ortho nitro benzene ring substituents is 1. The summed E-state index contributed by atoms with van der Waals surface area (Å²) >= 11 is 0. The number of nitro benzene ring substituents is 1. The lowest BCUT2D eigenvalue weighted by atomic mass is 9.81. The Morgan fingerprint density at radius 3 is 2.57 bits per heavy atom. The number of benzene rings is 1. The van der Waals surface area contributed by atoms with Crippen LogP contribution in [0, 0.1) is 28.9 Å². The molecule has 0 unspecified atom stereocenters. The van der Waals surface area contributed by atoms with E-state index in [9.17, 15) is 14.9 Å². The zero-order valence-corrected chi connectivity index (χ0v) is 12.2. The minimum atomic E-state index is -0.438. The minimum absolute atomic E-state index is 0.00224. The van der Waals surface area contributed by atoms with Gasteiger partial charge in [0.25, 0.3) is 5.69 Å². The van der Waals surface area contributed by atoms with E-state index >= 15 is 0 Å². The summed E-state index contributed by atoms with van der Waals surface area (Å²) in [6.45, 7) is 2.45. The van der Waals surface area contributed by atoms with Gasteiger partial charge in [-0.15, -0.1) is 0 Å². The number of anilines is 1. The van der Waals surface area contributed by atoms with Crippen LogP contribution in [0.25, 0.3) is 0 Å². The molecule has 1 amide bonds. The van der Waals surface area contributed by atoms with Crippen LogP contribution in [0.1, 0.15) is 31.2 Å². The van der Waals surface area contributed by atoms with E-state index in [1.54, 1.807) is 13.0 Å². The Kier molecular flexibility index (Phi) is 4.90. The molecule has 0 atom stereocenters. The molecule has 0 aliphatic heterocycles. The van der Waals surface area contributed by atoms with Crippen molar-refractivity contribution in [1.29, 1.82) is 0 Å². The highest BCUT2D eigenvalue weighted by Gasteiger charge is 2.26. The molecule has 0 bridgehead atoms. The number of hydrogen-bond acceptors (Lipinski definition) is 4. The maximum absolute atomic E-state index is 12.3. The summed E-state index contributed by atoms with van der Waals surface area (Å²) < 4.78 is 0. The molecule has 2 rings (SSSR count). The third-order valence-electron chi connectivity index (χ3n) is 4.23. The number of nitrogens with two attached hydrogens (primary N) is 1. The number of rotatable bonds is 4. The number of aryl methyl sites for hydroxylation is 1. The summed E-state index contributed by atoms with van der Waals surface area (Å²) in [5.41, 5.74) is 7.03. The first-order valence-corrected chi connectivity index (χ1v) is 7.27. The number of nitro groups is 1. The first-order chi connectivity index (χ1) is 10.0. The first-order valence-electron chi connectivity index (χ1n) is 7.27. The van der Waals surface area contributed by atoms with Crippen molar-refractivity contribution < 1.29 is 9.72 Å². The molecule has 1 saturated carbocycles. The highest BCUT2D eigenvalue weighted by atomic mass is 16.6. The standard InChI is InChI=1S/C15H21N3O3/c1-10-8-13(18(20)21)6-7-14(10)17-15(19)12-4-2-11(9-16)3-5-12/h6-8,11-12H,2-5,9,16H2,1H3,(H,17,19). The van der Waals surface area contributed by atoms with E-state index in [1.807, 2.05) is 0 Å². The number of hydrogen-bond donors (Lipinski definition) is 2. The van der Waals surface area contributed by atoms with Gasteiger partial charge in [0, 0.05) is 23.7 Å². The van der Waals surface area contributed by atoms with E-state index in [2.05, 4.69) is 5.32 Å². The van der Waals surface area contributed by atoms with E-state index in [4.69, 9.17) is 5.73 Å². The lowest BCUT2D eigenvalue weighted by Crippen LogP contribution is -2.29. The Balaban J connectivity index is 1.98. The Morgan fingerprint density at radius 1 is 1.38 bits per heavy atom. The lowest BCUT2D eigenvalue weighted by molar-refractivity contribution is -0.384.